The van der Waals surface area contributed by atoms with Crippen LogP contribution in [0.1, 0.15) is 27.7 Å². The third-order valence-corrected chi connectivity index (χ3v) is 4.63. The van der Waals surface area contributed by atoms with Crippen LogP contribution in [0.3, 0.4) is 0 Å². The molecular formula is C16H34N4O2. The first-order chi connectivity index (χ1) is 10.2. The zero-order chi connectivity index (χ0) is 16.8. The lowest BCUT2D eigenvalue weighted by molar-refractivity contribution is 0.0166. The largest absolute Gasteiger partial charge is 0.388 e. The van der Waals surface area contributed by atoms with Gasteiger partial charge in [0.05, 0.1) is 5.60 Å². The van der Waals surface area contributed by atoms with Crippen LogP contribution in [0.15, 0.2) is 0 Å². The molecule has 1 saturated heterocycles. The summed E-state index contributed by atoms with van der Waals surface area (Å²) in [4.78, 5) is 16.6. The molecule has 0 aromatic heterocycles. The number of amides is 2. The van der Waals surface area contributed by atoms with Gasteiger partial charge in [0, 0.05) is 45.8 Å². The fraction of sp³-hybridized carbons (Fsp3) is 0.938. The molecule has 1 fully saturated rings. The Morgan fingerprint density at radius 3 is 2.32 bits per heavy atom. The first kappa shape index (κ1) is 19.2. The molecule has 0 aromatic rings. The molecule has 1 aliphatic heterocycles. The third-order valence-electron chi connectivity index (χ3n) is 4.63. The molecule has 6 nitrogen and oxygen atoms in total. The van der Waals surface area contributed by atoms with Crippen molar-refractivity contribution in [3.63, 3.8) is 0 Å². The van der Waals surface area contributed by atoms with Crippen LogP contribution in [0.25, 0.3) is 0 Å². The second kappa shape index (κ2) is 8.70. The summed E-state index contributed by atoms with van der Waals surface area (Å²) in [5, 5.41) is 15.7. The Morgan fingerprint density at radius 2 is 1.77 bits per heavy atom. The monoisotopic (exact) mass is 314 g/mol. The number of likely N-dealkylation sites (N-methyl/N-ethyl adjacent to an activating group) is 1. The molecule has 22 heavy (non-hydrogen) atoms. The average Bonchev–Trinajstić information content (AvgIpc) is 2.45. The third kappa shape index (κ3) is 6.94. The Kier molecular flexibility index (Phi) is 7.59. The molecular weight excluding hydrogens is 280 g/mol. The van der Waals surface area contributed by atoms with Crippen molar-refractivity contribution >= 4 is 6.03 Å². The Hall–Kier alpha value is -0.850. The van der Waals surface area contributed by atoms with E-state index in [0.29, 0.717) is 12.5 Å². The Labute approximate surface area is 135 Å². The number of nitrogens with one attached hydrogen (secondary N) is 2. The SMILES string of the molecule is CC(CNC(=O)NCC(C)(O)C(C)C)CN1CCN(C)CC1. The number of hydrogen-bond donors (Lipinski definition) is 3. The second-order valence-corrected chi connectivity index (χ2v) is 7.28. The predicted octanol–water partition coefficient (Wildman–Crippen LogP) is 0.576. The highest BCUT2D eigenvalue weighted by Gasteiger charge is 2.25. The Morgan fingerprint density at radius 1 is 1.18 bits per heavy atom. The number of carbonyl (C=O) groups excluding carboxylic acids is 1. The summed E-state index contributed by atoms with van der Waals surface area (Å²) in [6, 6.07) is -0.203. The maximum absolute atomic E-state index is 11.8. The maximum atomic E-state index is 11.8. The number of hydrogen-bond acceptors (Lipinski definition) is 4. The fourth-order valence-electron chi connectivity index (χ4n) is 2.33. The minimum Gasteiger partial charge on any atom is -0.388 e. The summed E-state index contributed by atoms with van der Waals surface area (Å²) in [5.74, 6) is 0.517. The zero-order valence-electron chi connectivity index (χ0n) is 14.9. The lowest BCUT2D eigenvalue weighted by atomic mass is 9.93. The number of piperazine rings is 1. The van der Waals surface area contributed by atoms with Crippen LogP contribution < -0.4 is 10.6 Å². The van der Waals surface area contributed by atoms with Gasteiger partial charge in [0.2, 0.25) is 0 Å². The van der Waals surface area contributed by atoms with Crippen molar-refractivity contribution in [2.24, 2.45) is 11.8 Å². The van der Waals surface area contributed by atoms with Gasteiger partial charge in [0.1, 0.15) is 0 Å². The lowest BCUT2D eigenvalue weighted by Gasteiger charge is -2.34. The van der Waals surface area contributed by atoms with Crippen molar-refractivity contribution in [1.82, 2.24) is 20.4 Å². The summed E-state index contributed by atoms with van der Waals surface area (Å²) >= 11 is 0. The van der Waals surface area contributed by atoms with E-state index in [1.165, 1.54) is 0 Å². The van der Waals surface area contributed by atoms with Gasteiger partial charge in [-0.1, -0.05) is 20.8 Å². The van der Waals surface area contributed by atoms with Gasteiger partial charge < -0.3 is 25.5 Å². The van der Waals surface area contributed by atoms with Crippen LogP contribution in [0, 0.1) is 11.8 Å². The van der Waals surface area contributed by atoms with E-state index in [1.807, 2.05) is 13.8 Å². The van der Waals surface area contributed by atoms with Gasteiger partial charge in [-0.3, -0.25) is 0 Å². The topological polar surface area (TPSA) is 67.8 Å². The molecule has 0 aromatic carbocycles. The van der Waals surface area contributed by atoms with Gasteiger partial charge in [-0.15, -0.1) is 0 Å². The number of urea groups is 1. The molecule has 0 aliphatic carbocycles. The Bertz CT molecular complexity index is 339. The molecule has 1 aliphatic rings. The number of aliphatic hydroxyl groups is 1. The van der Waals surface area contributed by atoms with E-state index >= 15 is 0 Å². The molecule has 6 heteroatoms. The van der Waals surface area contributed by atoms with E-state index in [2.05, 4.69) is 34.4 Å². The van der Waals surface area contributed by atoms with E-state index in [0.717, 1.165) is 32.7 Å². The van der Waals surface area contributed by atoms with E-state index in [-0.39, 0.29) is 18.5 Å². The summed E-state index contributed by atoms with van der Waals surface area (Å²) in [6.45, 7) is 14.2. The number of nitrogens with zero attached hydrogens (tertiary/aromatic N) is 2. The van der Waals surface area contributed by atoms with Crippen LogP contribution in [-0.4, -0.2) is 79.4 Å². The molecule has 1 heterocycles. The summed E-state index contributed by atoms with van der Waals surface area (Å²) in [7, 11) is 2.15. The molecule has 0 bridgehead atoms. The minimum atomic E-state index is -0.872. The molecule has 130 valence electrons. The van der Waals surface area contributed by atoms with Crippen molar-refractivity contribution in [3.05, 3.63) is 0 Å². The van der Waals surface area contributed by atoms with Crippen molar-refractivity contribution in [2.75, 3.05) is 52.9 Å². The molecule has 3 N–H and O–H groups in total. The molecule has 0 radical (unpaired) electrons. The molecule has 2 amide bonds. The molecule has 2 atom stereocenters. The van der Waals surface area contributed by atoms with Gasteiger partial charge in [-0.2, -0.15) is 0 Å². The lowest BCUT2D eigenvalue weighted by Crippen LogP contribution is -2.49. The van der Waals surface area contributed by atoms with Crippen molar-refractivity contribution in [2.45, 2.75) is 33.3 Å². The standard InChI is InChI=1S/C16H34N4O2/c1-13(2)16(4,22)12-18-15(21)17-10-14(3)11-20-8-6-19(5)7-9-20/h13-14,22H,6-12H2,1-5H3,(H2,17,18,21). The van der Waals surface area contributed by atoms with Crippen LogP contribution in [-0.2, 0) is 0 Å². The second-order valence-electron chi connectivity index (χ2n) is 7.28. The normalized spacial score (nSPS) is 21.4. The molecule has 0 saturated carbocycles. The predicted molar refractivity (Wildman–Crippen MR) is 90.0 cm³/mol. The first-order valence-electron chi connectivity index (χ1n) is 8.35. The van der Waals surface area contributed by atoms with Crippen LogP contribution in [0.4, 0.5) is 4.79 Å². The number of rotatable bonds is 7. The number of carbonyl (C=O) groups is 1. The van der Waals surface area contributed by atoms with Crippen LogP contribution in [0.5, 0.6) is 0 Å². The Balaban J connectivity index is 2.18. The van der Waals surface area contributed by atoms with Crippen molar-refractivity contribution < 1.29 is 9.90 Å². The highest BCUT2D eigenvalue weighted by Crippen LogP contribution is 2.14. The van der Waals surface area contributed by atoms with Gasteiger partial charge in [0.25, 0.3) is 0 Å². The van der Waals surface area contributed by atoms with E-state index in [9.17, 15) is 9.90 Å². The smallest absolute Gasteiger partial charge is 0.314 e. The molecule has 1 rings (SSSR count). The maximum Gasteiger partial charge on any atom is 0.314 e. The molecule has 0 spiro atoms. The van der Waals surface area contributed by atoms with Gasteiger partial charge >= 0.3 is 6.03 Å². The highest BCUT2D eigenvalue weighted by atomic mass is 16.3. The van der Waals surface area contributed by atoms with Crippen LogP contribution in [0.2, 0.25) is 0 Å². The van der Waals surface area contributed by atoms with Gasteiger partial charge in [-0.05, 0) is 25.8 Å². The minimum absolute atomic E-state index is 0.101. The summed E-state index contributed by atoms with van der Waals surface area (Å²) in [6.07, 6.45) is 0. The molecule has 2 unspecified atom stereocenters. The fourth-order valence-corrected chi connectivity index (χ4v) is 2.33. The quantitative estimate of drug-likeness (QED) is 0.643. The van der Waals surface area contributed by atoms with E-state index < -0.39 is 5.60 Å². The average molecular weight is 314 g/mol. The highest BCUT2D eigenvalue weighted by molar-refractivity contribution is 5.73. The van der Waals surface area contributed by atoms with E-state index in [1.54, 1.807) is 6.92 Å². The van der Waals surface area contributed by atoms with Crippen molar-refractivity contribution in [3.8, 4) is 0 Å². The summed E-state index contributed by atoms with van der Waals surface area (Å²) < 4.78 is 0. The van der Waals surface area contributed by atoms with Gasteiger partial charge in [0.15, 0.2) is 0 Å². The van der Waals surface area contributed by atoms with E-state index in [4.69, 9.17) is 0 Å². The van der Waals surface area contributed by atoms with Crippen molar-refractivity contribution in [1.29, 1.82) is 0 Å². The summed E-state index contributed by atoms with van der Waals surface area (Å²) in [5.41, 5.74) is -0.872. The first-order valence-corrected chi connectivity index (χ1v) is 8.35. The van der Waals surface area contributed by atoms with Crippen LogP contribution >= 0.6 is 0 Å². The van der Waals surface area contributed by atoms with Gasteiger partial charge in [-0.25, -0.2) is 4.79 Å². The zero-order valence-corrected chi connectivity index (χ0v) is 14.9.